The van der Waals surface area contributed by atoms with Crippen LogP contribution in [0.5, 0.6) is 0 Å². The number of carbonyl (C=O) groups is 2. The largest absolute Gasteiger partial charge is 0.463 e. The molecule has 0 aromatic heterocycles. The van der Waals surface area contributed by atoms with Crippen molar-refractivity contribution in [2.24, 2.45) is 5.92 Å². The third-order valence-electron chi connectivity index (χ3n) is 2.04. The van der Waals surface area contributed by atoms with Gasteiger partial charge in [0, 0.05) is 6.42 Å². The maximum Gasteiger partial charge on any atom is 0.350 e. The number of ether oxygens (including phenoxy) is 2. The van der Waals surface area contributed by atoms with Crippen molar-refractivity contribution >= 4 is 11.9 Å². The molecule has 1 aliphatic rings. The first-order chi connectivity index (χ1) is 5.96. The van der Waals surface area contributed by atoms with Crippen LogP contribution in [0.4, 0.5) is 0 Å². The van der Waals surface area contributed by atoms with E-state index < -0.39 is 11.6 Å². The number of esters is 2. The van der Waals surface area contributed by atoms with Crippen LogP contribution in [0.3, 0.4) is 0 Å². The molecule has 1 rings (SSSR count). The van der Waals surface area contributed by atoms with Crippen molar-refractivity contribution in [3.8, 4) is 0 Å². The minimum Gasteiger partial charge on any atom is -0.463 e. The fraction of sp³-hybridized carbons (Fsp3) is 0.778. The maximum atomic E-state index is 11.2. The van der Waals surface area contributed by atoms with Crippen molar-refractivity contribution in [1.29, 1.82) is 0 Å². The monoisotopic (exact) mass is 186 g/mol. The molecule has 4 heteroatoms. The highest BCUT2D eigenvalue weighted by Crippen LogP contribution is 2.25. The lowest BCUT2D eigenvalue weighted by Crippen LogP contribution is -2.37. The smallest absolute Gasteiger partial charge is 0.350 e. The number of carbonyl (C=O) groups excluding carboxylic acids is 2. The Bertz CT molecular complexity index is 234. The summed E-state index contributed by atoms with van der Waals surface area (Å²) in [5, 5.41) is 0. The van der Waals surface area contributed by atoms with Crippen LogP contribution in [0, 0.1) is 5.92 Å². The molecule has 0 radical (unpaired) electrons. The zero-order valence-electron chi connectivity index (χ0n) is 8.12. The third-order valence-corrected chi connectivity index (χ3v) is 2.04. The molecule has 1 fully saturated rings. The molecule has 1 heterocycles. The zero-order chi connectivity index (χ0) is 10.1. The lowest BCUT2D eigenvalue weighted by atomic mass is 10.1. The van der Waals surface area contributed by atoms with Gasteiger partial charge >= 0.3 is 11.9 Å². The zero-order valence-corrected chi connectivity index (χ0v) is 8.12. The molecule has 0 aromatic carbocycles. The number of rotatable bonds is 2. The highest BCUT2D eigenvalue weighted by molar-refractivity contribution is 5.84. The van der Waals surface area contributed by atoms with Crippen LogP contribution in [0.1, 0.15) is 27.2 Å². The first-order valence-corrected chi connectivity index (χ1v) is 4.36. The van der Waals surface area contributed by atoms with Crippen LogP contribution < -0.4 is 0 Å². The average molecular weight is 186 g/mol. The Morgan fingerprint density at radius 1 is 1.62 bits per heavy atom. The van der Waals surface area contributed by atoms with Crippen LogP contribution in [0.2, 0.25) is 0 Å². The normalized spacial score (nSPS) is 27.5. The van der Waals surface area contributed by atoms with Crippen LogP contribution in [-0.4, -0.2) is 24.1 Å². The highest BCUT2D eigenvalue weighted by atomic mass is 16.6. The fourth-order valence-corrected chi connectivity index (χ4v) is 1.03. The van der Waals surface area contributed by atoms with E-state index in [1.165, 1.54) is 0 Å². The van der Waals surface area contributed by atoms with Gasteiger partial charge in [-0.2, -0.15) is 0 Å². The van der Waals surface area contributed by atoms with E-state index in [1.807, 2.05) is 0 Å². The van der Waals surface area contributed by atoms with Gasteiger partial charge in [-0.3, -0.25) is 4.79 Å². The van der Waals surface area contributed by atoms with Gasteiger partial charge in [-0.05, 0) is 6.92 Å². The molecule has 0 saturated carbocycles. The van der Waals surface area contributed by atoms with Gasteiger partial charge < -0.3 is 9.47 Å². The standard InChI is InChI=1S/C9H14O4/c1-6(2)7(10)13-9(3)4-5-12-8(9)11/h6H,4-5H2,1-3H3. The van der Waals surface area contributed by atoms with Crippen molar-refractivity contribution in [2.75, 3.05) is 6.61 Å². The minimum atomic E-state index is -1.05. The number of cyclic esters (lactones) is 1. The van der Waals surface area contributed by atoms with Crippen LogP contribution in [-0.2, 0) is 19.1 Å². The summed E-state index contributed by atoms with van der Waals surface area (Å²) in [6.45, 7) is 5.38. The molecule has 1 saturated heterocycles. The summed E-state index contributed by atoms with van der Waals surface area (Å²) < 4.78 is 9.79. The summed E-state index contributed by atoms with van der Waals surface area (Å²) in [6, 6.07) is 0. The van der Waals surface area contributed by atoms with E-state index >= 15 is 0 Å². The van der Waals surface area contributed by atoms with E-state index in [2.05, 4.69) is 0 Å². The molecule has 74 valence electrons. The van der Waals surface area contributed by atoms with E-state index in [4.69, 9.17) is 9.47 Å². The summed E-state index contributed by atoms with van der Waals surface area (Å²) in [7, 11) is 0. The second-order valence-electron chi connectivity index (χ2n) is 3.69. The van der Waals surface area contributed by atoms with Gasteiger partial charge in [0.1, 0.15) is 0 Å². The molecule has 0 bridgehead atoms. The van der Waals surface area contributed by atoms with E-state index in [1.54, 1.807) is 20.8 Å². The third kappa shape index (κ3) is 1.99. The first-order valence-electron chi connectivity index (χ1n) is 4.36. The molecule has 0 aliphatic carbocycles. The molecule has 0 N–H and O–H groups in total. The first kappa shape index (κ1) is 10.0. The van der Waals surface area contributed by atoms with Gasteiger partial charge in [0.15, 0.2) is 0 Å². The Morgan fingerprint density at radius 3 is 2.62 bits per heavy atom. The summed E-state index contributed by atoms with van der Waals surface area (Å²) in [6.07, 6.45) is 0.449. The Hall–Kier alpha value is -1.06. The molecule has 4 nitrogen and oxygen atoms in total. The molecule has 0 amide bonds. The fourth-order valence-electron chi connectivity index (χ4n) is 1.03. The van der Waals surface area contributed by atoms with Gasteiger partial charge in [-0.25, -0.2) is 4.79 Å². The van der Waals surface area contributed by atoms with Crippen LogP contribution in [0.15, 0.2) is 0 Å². The van der Waals surface area contributed by atoms with Crippen molar-refractivity contribution in [3.63, 3.8) is 0 Å². The molecule has 0 spiro atoms. The molecule has 1 unspecified atom stereocenters. The van der Waals surface area contributed by atoms with Crippen LogP contribution in [0.25, 0.3) is 0 Å². The van der Waals surface area contributed by atoms with E-state index in [-0.39, 0.29) is 11.9 Å². The maximum absolute atomic E-state index is 11.2. The van der Waals surface area contributed by atoms with E-state index in [9.17, 15) is 9.59 Å². The topological polar surface area (TPSA) is 52.6 Å². The average Bonchev–Trinajstić information content (AvgIpc) is 2.32. The Labute approximate surface area is 77.2 Å². The predicted molar refractivity (Wildman–Crippen MR) is 44.9 cm³/mol. The SMILES string of the molecule is CC(C)C(=O)OC1(C)CCOC1=O. The molecule has 13 heavy (non-hydrogen) atoms. The molecule has 1 atom stereocenters. The second-order valence-corrected chi connectivity index (χ2v) is 3.69. The van der Waals surface area contributed by atoms with Gasteiger partial charge in [0.25, 0.3) is 0 Å². The summed E-state index contributed by atoms with van der Waals surface area (Å²) >= 11 is 0. The number of hydrogen-bond donors (Lipinski definition) is 0. The highest BCUT2D eigenvalue weighted by Gasteiger charge is 2.44. The van der Waals surface area contributed by atoms with Crippen molar-refractivity contribution in [3.05, 3.63) is 0 Å². The Balaban J connectivity index is 2.61. The van der Waals surface area contributed by atoms with Crippen molar-refractivity contribution in [1.82, 2.24) is 0 Å². The quantitative estimate of drug-likeness (QED) is 0.601. The molecule has 0 aromatic rings. The number of hydrogen-bond acceptors (Lipinski definition) is 4. The Morgan fingerprint density at radius 2 is 2.23 bits per heavy atom. The lowest BCUT2D eigenvalue weighted by Gasteiger charge is -2.20. The van der Waals surface area contributed by atoms with Gasteiger partial charge in [-0.1, -0.05) is 13.8 Å². The lowest BCUT2D eigenvalue weighted by molar-refractivity contribution is -0.173. The van der Waals surface area contributed by atoms with Crippen LogP contribution >= 0.6 is 0 Å². The van der Waals surface area contributed by atoms with Gasteiger partial charge in [0.2, 0.25) is 5.60 Å². The minimum absolute atomic E-state index is 0.217. The van der Waals surface area contributed by atoms with Crippen molar-refractivity contribution < 1.29 is 19.1 Å². The predicted octanol–water partition coefficient (Wildman–Crippen LogP) is 0.891. The van der Waals surface area contributed by atoms with Crippen molar-refractivity contribution in [2.45, 2.75) is 32.8 Å². The van der Waals surface area contributed by atoms with E-state index in [0.717, 1.165) is 0 Å². The molecular formula is C9H14O4. The van der Waals surface area contributed by atoms with E-state index in [0.29, 0.717) is 13.0 Å². The van der Waals surface area contributed by atoms with Gasteiger partial charge in [0.05, 0.1) is 12.5 Å². The summed E-state index contributed by atoms with van der Waals surface area (Å²) in [5.41, 5.74) is -1.05. The van der Waals surface area contributed by atoms with Gasteiger partial charge in [-0.15, -0.1) is 0 Å². The Kier molecular flexibility index (Phi) is 2.59. The summed E-state index contributed by atoms with van der Waals surface area (Å²) in [4.78, 5) is 22.4. The second kappa shape index (κ2) is 3.36. The summed E-state index contributed by atoms with van der Waals surface area (Å²) in [5.74, 6) is -1.02. The molecule has 1 aliphatic heterocycles. The molecular weight excluding hydrogens is 172 g/mol.